The molecule has 6 heteroatoms. The van der Waals surface area contributed by atoms with Gasteiger partial charge in [-0.1, -0.05) is 19.4 Å². The molecule has 0 spiro atoms. The number of benzene rings is 1. The minimum atomic E-state index is 0.383. The molecule has 0 radical (unpaired) electrons. The van der Waals surface area contributed by atoms with Gasteiger partial charge in [0.05, 0.1) is 31.3 Å². The van der Waals surface area contributed by atoms with E-state index in [9.17, 15) is 0 Å². The molecule has 3 heterocycles. The number of hydrogen-bond acceptors (Lipinski definition) is 6. The smallest absolute Gasteiger partial charge is 0.161 e. The highest BCUT2D eigenvalue weighted by molar-refractivity contribution is 5.63. The van der Waals surface area contributed by atoms with E-state index in [2.05, 4.69) is 27.9 Å². The molecule has 1 aromatic carbocycles. The van der Waals surface area contributed by atoms with Crippen LogP contribution in [0.1, 0.15) is 56.2 Å². The van der Waals surface area contributed by atoms with Crippen LogP contribution in [0.25, 0.3) is 11.3 Å². The normalized spacial score (nSPS) is 14.8. The average molecular weight is 461 g/mol. The second kappa shape index (κ2) is 12.5. The van der Waals surface area contributed by atoms with E-state index < -0.39 is 0 Å². The van der Waals surface area contributed by atoms with E-state index in [1.54, 1.807) is 7.11 Å². The van der Waals surface area contributed by atoms with Gasteiger partial charge in [-0.05, 0) is 80.9 Å². The summed E-state index contributed by atoms with van der Waals surface area (Å²) in [7, 11) is 1.68. The standard InChI is InChI=1S/C28H36N4O2/c1-3-8-22(24-9-6-12-29-19-24)17-25-20-30-21-26(31-25)23-10-11-27(28(18-23)33-2)34-16-7-15-32-13-4-5-14-32/h6,9-12,18-22H,3-5,7-8,13-17H2,1-2H3. The zero-order valence-electron chi connectivity index (χ0n) is 20.4. The van der Waals surface area contributed by atoms with Crippen LogP contribution in [-0.4, -0.2) is 53.2 Å². The van der Waals surface area contributed by atoms with Crippen LogP contribution in [-0.2, 0) is 6.42 Å². The molecule has 1 unspecified atom stereocenters. The molecule has 4 rings (SSSR count). The van der Waals surface area contributed by atoms with Crippen LogP contribution in [0.3, 0.4) is 0 Å². The summed E-state index contributed by atoms with van der Waals surface area (Å²) in [5, 5.41) is 0. The summed E-state index contributed by atoms with van der Waals surface area (Å²) in [5.41, 5.74) is 4.06. The Hall–Kier alpha value is -2.99. The highest BCUT2D eigenvalue weighted by Crippen LogP contribution is 2.32. The van der Waals surface area contributed by atoms with Gasteiger partial charge in [0, 0.05) is 30.7 Å². The largest absolute Gasteiger partial charge is 0.493 e. The minimum Gasteiger partial charge on any atom is -0.493 e. The van der Waals surface area contributed by atoms with Crippen molar-refractivity contribution in [2.75, 3.05) is 33.4 Å². The van der Waals surface area contributed by atoms with Crippen LogP contribution in [0.2, 0.25) is 0 Å². The van der Waals surface area contributed by atoms with Gasteiger partial charge in [0.15, 0.2) is 11.5 Å². The van der Waals surface area contributed by atoms with Gasteiger partial charge in [-0.25, -0.2) is 4.98 Å². The Morgan fingerprint density at radius 2 is 1.91 bits per heavy atom. The monoisotopic (exact) mass is 460 g/mol. The number of likely N-dealkylation sites (tertiary alicyclic amines) is 1. The maximum atomic E-state index is 6.04. The predicted molar refractivity (Wildman–Crippen MR) is 135 cm³/mol. The Balaban J connectivity index is 1.42. The van der Waals surface area contributed by atoms with Crippen molar-refractivity contribution >= 4 is 0 Å². The Morgan fingerprint density at radius 1 is 1.03 bits per heavy atom. The van der Waals surface area contributed by atoms with Crippen LogP contribution >= 0.6 is 0 Å². The molecule has 0 N–H and O–H groups in total. The topological polar surface area (TPSA) is 60.4 Å². The lowest BCUT2D eigenvalue weighted by atomic mass is 9.91. The molecule has 0 amide bonds. The molecule has 0 saturated carbocycles. The Labute approximate surface area is 203 Å². The molecule has 34 heavy (non-hydrogen) atoms. The first-order valence-corrected chi connectivity index (χ1v) is 12.5. The number of aromatic nitrogens is 3. The molecule has 0 bridgehead atoms. The molecule has 0 aliphatic carbocycles. The number of rotatable bonds is 12. The van der Waals surface area contributed by atoms with Gasteiger partial charge < -0.3 is 14.4 Å². The van der Waals surface area contributed by atoms with Crippen molar-refractivity contribution in [3.05, 3.63) is 66.4 Å². The summed E-state index contributed by atoms with van der Waals surface area (Å²) in [4.78, 5) is 16.2. The third-order valence-corrected chi connectivity index (χ3v) is 6.47. The molecule has 180 valence electrons. The second-order valence-electron chi connectivity index (χ2n) is 8.99. The van der Waals surface area contributed by atoms with E-state index >= 15 is 0 Å². The Morgan fingerprint density at radius 3 is 2.68 bits per heavy atom. The third kappa shape index (κ3) is 6.54. The van der Waals surface area contributed by atoms with Gasteiger partial charge in [0.25, 0.3) is 0 Å². The number of nitrogens with zero attached hydrogens (tertiary/aromatic N) is 4. The zero-order valence-corrected chi connectivity index (χ0v) is 20.4. The van der Waals surface area contributed by atoms with E-state index in [0.717, 1.165) is 60.7 Å². The number of hydrogen-bond donors (Lipinski definition) is 0. The Kier molecular flexibility index (Phi) is 8.85. The zero-order chi connectivity index (χ0) is 23.6. The first kappa shape index (κ1) is 24.1. The lowest BCUT2D eigenvalue weighted by molar-refractivity contribution is 0.254. The van der Waals surface area contributed by atoms with Crippen molar-refractivity contribution in [2.24, 2.45) is 0 Å². The fourth-order valence-electron chi connectivity index (χ4n) is 4.67. The fourth-order valence-corrected chi connectivity index (χ4v) is 4.67. The summed E-state index contributed by atoms with van der Waals surface area (Å²) in [6.07, 6.45) is 14.2. The van der Waals surface area contributed by atoms with Gasteiger partial charge in [-0.15, -0.1) is 0 Å². The van der Waals surface area contributed by atoms with Crippen molar-refractivity contribution in [1.82, 2.24) is 19.9 Å². The highest BCUT2D eigenvalue weighted by atomic mass is 16.5. The summed E-state index contributed by atoms with van der Waals surface area (Å²) in [5.74, 6) is 1.88. The van der Waals surface area contributed by atoms with Crippen molar-refractivity contribution in [1.29, 1.82) is 0 Å². The fraction of sp³-hybridized carbons (Fsp3) is 0.464. The lowest BCUT2D eigenvalue weighted by Gasteiger charge is -2.17. The van der Waals surface area contributed by atoms with Crippen molar-refractivity contribution in [2.45, 2.75) is 51.4 Å². The quantitative estimate of drug-likeness (QED) is 0.331. The van der Waals surface area contributed by atoms with Gasteiger partial charge in [0.1, 0.15) is 0 Å². The third-order valence-electron chi connectivity index (χ3n) is 6.47. The van der Waals surface area contributed by atoms with Crippen LogP contribution in [0.15, 0.2) is 55.1 Å². The predicted octanol–water partition coefficient (Wildman–Crippen LogP) is 5.54. The SMILES string of the molecule is CCCC(Cc1cncc(-c2ccc(OCCCN3CCCC3)c(OC)c2)n1)c1cccnc1. The van der Waals surface area contributed by atoms with Gasteiger partial charge in [-0.2, -0.15) is 0 Å². The van der Waals surface area contributed by atoms with E-state index in [0.29, 0.717) is 12.5 Å². The molecule has 3 aromatic rings. The van der Waals surface area contributed by atoms with Gasteiger partial charge in [-0.3, -0.25) is 9.97 Å². The summed E-state index contributed by atoms with van der Waals surface area (Å²) >= 11 is 0. The van der Waals surface area contributed by atoms with E-state index in [-0.39, 0.29) is 0 Å². The maximum Gasteiger partial charge on any atom is 0.161 e. The second-order valence-corrected chi connectivity index (χ2v) is 8.99. The lowest BCUT2D eigenvalue weighted by Crippen LogP contribution is -2.21. The first-order valence-electron chi connectivity index (χ1n) is 12.5. The molecular weight excluding hydrogens is 424 g/mol. The number of methoxy groups -OCH3 is 1. The summed E-state index contributed by atoms with van der Waals surface area (Å²) in [6.45, 7) is 6.45. The number of pyridine rings is 1. The Bertz CT molecular complexity index is 1020. The molecule has 1 fully saturated rings. The molecule has 6 nitrogen and oxygen atoms in total. The highest BCUT2D eigenvalue weighted by Gasteiger charge is 2.15. The molecule has 1 aliphatic heterocycles. The van der Waals surface area contributed by atoms with Crippen molar-refractivity contribution in [3.63, 3.8) is 0 Å². The summed E-state index contributed by atoms with van der Waals surface area (Å²) in [6, 6.07) is 10.2. The van der Waals surface area contributed by atoms with Gasteiger partial charge in [0.2, 0.25) is 0 Å². The molecule has 1 atom stereocenters. The van der Waals surface area contributed by atoms with E-state index in [4.69, 9.17) is 14.5 Å². The maximum absolute atomic E-state index is 6.04. The summed E-state index contributed by atoms with van der Waals surface area (Å²) < 4.78 is 11.7. The van der Waals surface area contributed by atoms with Crippen molar-refractivity contribution < 1.29 is 9.47 Å². The van der Waals surface area contributed by atoms with Crippen molar-refractivity contribution in [3.8, 4) is 22.8 Å². The van der Waals surface area contributed by atoms with Crippen LogP contribution in [0.4, 0.5) is 0 Å². The number of ether oxygens (including phenoxy) is 2. The molecule has 1 saturated heterocycles. The van der Waals surface area contributed by atoms with Gasteiger partial charge >= 0.3 is 0 Å². The molecular formula is C28H36N4O2. The molecule has 2 aromatic heterocycles. The van der Waals surface area contributed by atoms with Crippen LogP contribution in [0.5, 0.6) is 11.5 Å². The first-order chi connectivity index (χ1) is 16.8. The minimum absolute atomic E-state index is 0.383. The van der Waals surface area contributed by atoms with E-state index in [1.807, 2.05) is 49.1 Å². The molecule has 1 aliphatic rings. The van der Waals surface area contributed by atoms with E-state index in [1.165, 1.54) is 31.5 Å². The van der Waals surface area contributed by atoms with Crippen LogP contribution < -0.4 is 9.47 Å². The average Bonchev–Trinajstić information content (AvgIpc) is 3.41. The van der Waals surface area contributed by atoms with Crippen LogP contribution in [0, 0.1) is 0 Å².